The predicted octanol–water partition coefficient (Wildman–Crippen LogP) is 1.56. The van der Waals surface area contributed by atoms with Crippen LogP contribution in [0.3, 0.4) is 0 Å². The Morgan fingerprint density at radius 3 is 2.88 bits per heavy atom. The minimum atomic E-state index is 0.486. The molecule has 1 atom stereocenters. The van der Waals surface area contributed by atoms with E-state index >= 15 is 0 Å². The van der Waals surface area contributed by atoms with Crippen LogP contribution >= 0.6 is 0 Å². The number of benzene rings is 1. The fourth-order valence-corrected chi connectivity index (χ4v) is 2.91. The molecule has 1 aromatic rings. The van der Waals surface area contributed by atoms with Gasteiger partial charge in [0.15, 0.2) is 5.96 Å². The molecule has 0 spiro atoms. The predicted molar refractivity (Wildman–Crippen MR) is 93.3 cm³/mol. The monoisotopic (exact) mass is 333 g/mol. The van der Waals surface area contributed by atoms with E-state index in [0.717, 1.165) is 44.0 Å². The van der Waals surface area contributed by atoms with Gasteiger partial charge in [0.05, 0.1) is 33.0 Å². The van der Waals surface area contributed by atoms with Gasteiger partial charge < -0.3 is 24.8 Å². The van der Waals surface area contributed by atoms with Crippen molar-refractivity contribution in [2.24, 2.45) is 16.6 Å². The summed E-state index contributed by atoms with van der Waals surface area (Å²) >= 11 is 0. The van der Waals surface area contributed by atoms with Gasteiger partial charge in [0.1, 0.15) is 5.75 Å². The van der Waals surface area contributed by atoms with Crippen molar-refractivity contribution in [2.75, 3.05) is 46.1 Å². The van der Waals surface area contributed by atoms with Crippen LogP contribution in [0.5, 0.6) is 5.75 Å². The van der Waals surface area contributed by atoms with E-state index in [-0.39, 0.29) is 0 Å². The fraction of sp³-hybridized carbons (Fsp3) is 0.611. The van der Waals surface area contributed by atoms with E-state index in [0.29, 0.717) is 38.2 Å². The second kappa shape index (κ2) is 8.35. The Morgan fingerprint density at radius 1 is 1.29 bits per heavy atom. The molecule has 3 rings (SSSR count). The van der Waals surface area contributed by atoms with Gasteiger partial charge in [0, 0.05) is 31.2 Å². The zero-order valence-electron chi connectivity index (χ0n) is 14.4. The van der Waals surface area contributed by atoms with Gasteiger partial charge in [-0.1, -0.05) is 12.1 Å². The summed E-state index contributed by atoms with van der Waals surface area (Å²) < 4.78 is 16.8. The molecule has 2 N–H and O–H groups in total. The second-order valence-electron chi connectivity index (χ2n) is 6.43. The van der Waals surface area contributed by atoms with E-state index in [1.54, 1.807) is 0 Å². The Bertz CT molecular complexity index is 565. The van der Waals surface area contributed by atoms with Gasteiger partial charge in [-0.2, -0.15) is 0 Å². The Morgan fingerprint density at radius 2 is 2.12 bits per heavy atom. The highest BCUT2D eigenvalue weighted by molar-refractivity contribution is 5.78. The highest BCUT2D eigenvalue weighted by Gasteiger charge is 2.17. The van der Waals surface area contributed by atoms with Crippen LogP contribution in [-0.4, -0.2) is 57.0 Å². The van der Waals surface area contributed by atoms with Gasteiger partial charge >= 0.3 is 0 Å². The first-order valence-corrected chi connectivity index (χ1v) is 8.65. The highest BCUT2D eigenvalue weighted by Crippen LogP contribution is 2.23. The van der Waals surface area contributed by atoms with Crippen molar-refractivity contribution >= 4 is 5.96 Å². The quantitative estimate of drug-likeness (QED) is 0.654. The molecule has 2 saturated heterocycles. The Kier molecular flexibility index (Phi) is 5.93. The minimum absolute atomic E-state index is 0.486. The molecule has 6 heteroatoms. The number of hydrogen-bond acceptors (Lipinski definition) is 4. The molecule has 0 aliphatic carbocycles. The summed E-state index contributed by atoms with van der Waals surface area (Å²) in [7, 11) is 0. The minimum Gasteiger partial charge on any atom is -0.493 e. The van der Waals surface area contributed by atoms with Crippen LogP contribution in [0.25, 0.3) is 0 Å². The van der Waals surface area contributed by atoms with Gasteiger partial charge in [-0.05, 0) is 25.0 Å². The molecule has 2 aliphatic heterocycles. The number of aryl methyl sites for hydroxylation is 1. The lowest BCUT2D eigenvalue weighted by molar-refractivity contribution is 0.0674. The average molecular weight is 333 g/mol. The summed E-state index contributed by atoms with van der Waals surface area (Å²) in [6.45, 7) is 7.94. The van der Waals surface area contributed by atoms with Crippen molar-refractivity contribution in [1.82, 2.24) is 4.90 Å². The van der Waals surface area contributed by atoms with Gasteiger partial charge in [-0.25, -0.2) is 4.99 Å². The van der Waals surface area contributed by atoms with Crippen LogP contribution in [0.4, 0.5) is 0 Å². The van der Waals surface area contributed by atoms with Gasteiger partial charge in [0.2, 0.25) is 0 Å². The van der Waals surface area contributed by atoms with Crippen molar-refractivity contribution in [3.05, 3.63) is 29.3 Å². The van der Waals surface area contributed by atoms with E-state index < -0.39 is 0 Å². The highest BCUT2D eigenvalue weighted by atomic mass is 16.5. The smallest absolute Gasteiger partial charge is 0.191 e. The normalized spacial score (nSPS) is 22.0. The van der Waals surface area contributed by atoms with Crippen LogP contribution in [0.2, 0.25) is 0 Å². The van der Waals surface area contributed by atoms with E-state index in [2.05, 4.69) is 35.0 Å². The molecule has 1 unspecified atom stereocenters. The van der Waals surface area contributed by atoms with Crippen LogP contribution in [0, 0.1) is 12.8 Å². The van der Waals surface area contributed by atoms with E-state index in [1.807, 2.05) is 0 Å². The lowest BCUT2D eigenvalue weighted by Gasteiger charge is -2.27. The number of nitrogens with two attached hydrogens (primary N) is 1. The number of morpholine rings is 1. The van der Waals surface area contributed by atoms with E-state index in [9.17, 15) is 0 Å². The molecule has 2 aliphatic rings. The number of aliphatic imine (C=N–C) groups is 1. The zero-order valence-corrected chi connectivity index (χ0v) is 14.4. The third-order valence-electron chi connectivity index (χ3n) is 4.47. The largest absolute Gasteiger partial charge is 0.493 e. The molecular weight excluding hydrogens is 306 g/mol. The summed E-state index contributed by atoms with van der Waals surface area (Å²) in [4.78, 5) is 6.61. The average Bonchev–Trinajstić information content (AvgIpc) is 3.13. The first-order valence-electron chi connectivity index (χ1n) is 8.65. The number of guanidine groups is 1. The Balaban J connectivity index is 1.63. The number of nitrogens with zero attached hydrogens (tertiary/aromatic N) is 2. The molecule has 0 radical (unpaired) electrons. The van der Waals surface area contributed by atoms with Crippen LogP contribution < -0.4 is 10.5 Å². The lowest BCUT2D eigenvalue weighted by atomic mass is 10.1. The van der Waals surface area contributed by atoms with Crippen LogP contribution in [0.15, 0.2) is 23.2 Å². The van der Waals surface area contributed by atoms with Gasteiger partial charge in [-0.3, -0.25) is 0 Å². The van der Waals surface area contributed by atoms with Crippen molar-refractivity contribution in [3.63, 3.8) is 0 Å². The summed E-state index contributed by atoms with van der Waals surface area (Å²) in [6, 6.07) is 6.23. The molecule has 2 heterocycles. The maximum Gasteiger partial charge on any atom is 0.191 e. The third kappa shape index (κ3) is 4.61. The SMILES string of the molecule is Cc1ccc(CN=C(N)N2CCOCC2)c(OCC2CCOC2)c1. The number of hydrogen-bond donors (Lipinski definition) is 1. The first kappa shape index (κ1) is 17.0. The zero-order chi connectivity index (χ0) is 16.8. The maximum atomic E-state index is 6.11. The molecular formula is C18H27N3O3. The molecule has 132 valence electrons. The van der Waals surface area contributed by atoms with Gasteiger partial charge in [-0.15, -0.1) is 0 Å². The molecule has 1 aromatic carbocycles. The lowest BCUT2D eigenvalue weighted by Crippen LogP contribution is -2.44. The van der Waals surface area contributed by atoms with E-state index in [4.69, 9.17) is 19.9 Å². The topological polar surface area (TPSA) is 69.3 Å². The fourth-order valence-electron chi connectivity index (χ4n) is 2.91. The summed E-state index contributed by atoms with van der Waals surface area (Å²) in [5, 5.41) is 0. The molecule has 0 saturated carbocycles. The van der Waals surface area contributed by atoms with Crippen molar-refractivity contribution in [3.8, 4) is 5.75 Å². The molecule has 0 aromatic heterocycles. The van der Waals surface area contributed by atoms with Crippen molar-refractivity contribution in [2.45, 2.75) is 19.9 Å². The number of ether oxygens (including phenoxy) is 3. The third-order valence-corrected chi connectivity index (χ3v) is 4.47. The standard InChI is InChI=1S/C18H27N3O3/c1-14-2-3-16(11-20-18(19)21-5-8-22-9-6-21)17(10-14)24-13-15-4-7-23-12-15/h2-3,10,15H,4-9,11-13H2,1H3,(H2,19,20). The van der Waals surface area contributed by atoms with Crippen LogP contribution in [-0.2, 0) is 16.0 Å². The molecule has 6 nitrogen and oxygen atoms in total. The van der Waals surface area contributed by atoms with E-state index in [1.165, 1.54) is 5.56 Å². The van der Waals surface area contributed by atoms with Crippen molar-refractivity contribution in [1.29, 1.82) is 0 Å². The summed E-state index contributed by atoms with van der Waals surface area (Å²) in [5.74, 6) is 1.97. The summed E-state index contributed by atoms with van der Waals surface area (Å²) in [5.41, 5.74) is 8.36. The van der Waals surface area contributed by atoms with Crippen LogP contribution in [0.1, 0.15) is 17.5 Å². The molecule has 0 bridgehead atoms. The number of rotatable bonds is 5. The Labute approximate surface area is 143 Å². The molecule has 0 amide bonds. The van der Waals surface area contributed by atoms with Crippen molar-refractivity contribution < 1.29 is 14.2 Å². The Hall–Kier alpha value is -1.79. The molecule has 2 fully saturated rings. The molecule has 24 heavy (non-hydrogen) atoms. The maximum absolute atomic E-state index is 6.11. The second-order valence-corrected chi connectivity index (χ2v) is 6.43. The van der Waals surface area contributed by atoms with Gasteiger partial charge in [0.25, 0.3) is 0 Å². The first-order chi connectivity index (χ1) is 11.7. The summed E-state index contributed by atoms with van der Waals surface area (Å²) in [6.07, 6.45) is 1.07.